The molecule has 0 spiro atoms. The Balaban J connectivity index is 2.49. The standard InChI is InChI=1S/C13H22N2O/c1-3-4-7-10-16-13(11(2)14)12-8-5-6-9-15-12/h5-6,8-9,11,13H,3-4,7,10,14H2,1-2H3. The van der Waals surface area contributed by atoms with Gasteiger partial charge >= 0.3 is 0 Å². The van der Waals surface area contributed by atoms with Crippen molar-refractivity contribution in [2.24, 2.45) is 5.73 Å². The fourth-order valence-electron chi connectivity index (χ4n) is 1.61. The number of nitrogens with two attached hydrogens (primary N) is 1. The molecule has 0 fully saturated rings. The third-order valence-electron chi connectivity index (χ3n) is 2.50. The Morgan fingerprint density at radius 2 is 2.19 bits per heavy atom. The Morgan fingerprint density at radius 3 is 2.75 bits per heavy atom. The van der Waals surface area contributed by atoms with Crippen LogP contribution < -0.4 is 5.73 Å². The lowest BCUT2D eigenvalue weighted by Crippen LogP contribution is -2.28. The summed E-state index contributed by atoms with van der Waals surface area (Å²) >= 11 is 0. The summed E-state index contributed by atoms with van der Waals surface area (Å²) in [5, 5.41) is 0. The van der Waals surface area contributed by atoms with E-state index in [1.54, 1.807) is 6.20 Å². The van der Waals surface area contributed by atoms with Crippen molar-refractivity contribution >= 4 is 0 Å². The molecule has 1 rings (SSSR count). The maximum atomic E-state index is 5.92. The Labute approximate surface area is 98.0 Å². The first-order valence-electron chi connectivity index (χ1n) is 6.03. The van der Waals surface area contributed by atoms with Crippen LogP contribution in [0.5, 0.6) is 0 Å². The molecule has 3 heteroatoms. The van der Waals surface area contributed by atoms with Gasteiger partial charge in [0.15, 0.2) is 0 Å². The number of nitrogens with zero attached hydrogens (tertiary/aromatic N) is 1. The van der Waals surface area contributed by atoms with Crippen LogP contribution in [0.25, 0.3) is 0 Å². The van der Waals surface area contributed by atoms with Crippen LogP contribution in [0.15, 0.2) is 24.4 Å². The number of hydrogen-bond donors (Lipinski definition) is 1. The SMILES string of the molecule is CCCCCOC(c1ccccn1)C(C)N. The van der Waals surface area contributed by atoms with Gasteiger partial charge in [0.05, 0.1) is 5.69 Å². The van der Waals surface area contributed by atoms with Gasteiger partial charge in [-0.25, -0.2) is 0 Å². The molecule has 2 atom stereocenters. The van der Waals surface area contributed by atoms with Crippen molar-refractivity contribution in [1.29, 1.82) is 0 Å². The summed E-state index contributed by atoms with van der Waals surface area (Å²) in [6.07, 6.45) is 5.19. The van der Waals surface area contributed by atoms with E-state index < -0.39 is 0 Å². The van der Waals surface area contributed by atoms with Gasteiger partial charge in [-0.3, -0.25) is 4.98 Å². The zero-order chi connectivity index (χ0) is 11.8. The third kappa shape index (κ3) is 4.29. The number of rotatable bonds is 7. The van der Waals surface area contributed by atoms with Gasteiger partial charge in [0.2, 0.25) is 0 Å². The number of hydrogen-bond acceptors (Lipinski definition) is 3. The first kappa shape index (κ1) is 13.1. The van der Waals surface area contributed by atoms with Crippen LogP contribution in [0.1, 0.15) is 44.9 Å². The van der Waals surface area contributed by atoms with Crippen LogP contribution in [0.3, 0.4) is 0 Å². The molecule has 0 radical (unpaired) electrons. The summed E-state index contributed by atoms with van der Waals surface area (Å²) in [4.78, 5) is 4.29. The molecule has 0 bridgehead atoms. The lowest BCUT2D eigenvalue weighted by Gasteiger charge is -2.20. The number of ether oxygens (including phenoxy) is 1. The molecule has 2 unspecified atom stereocenters. The highest BCUT2D eigenvalue weighted by Gasteiger charge is 2.17. The van der Waals surface area contributed by atoms with Crippen molar-refractivity contribution in [1.82, 2.24) is 4.98 Å². The van der Waals surface area contributed by atoms with Crippen LogP contribution in [0.2, 0.25) is 0 Å². The largest absolute Gasteiger partial charge is 0.370 e. The molecule has 0 aromatic carbocycles. The van der Waals surface area contributed by atoms with Crippen molar-refractivity contribution in [3.8, 4) is 0 Å². The van der Waals surface area contributed by atoms with Gasteiger partial charge in [-0.05, 0) is 25.5 Å². The van der Waals surface area contributed by atoms with Crippen LogP contribution in [-0.2, 0) is 4.74 Å². The van der Waals surface area contributed by atoms with Crippen molar-refractivity contribution < 1.29 is 4.74 Å². The molecule has 0 aliphatic carbocycles. The number of pyridine rings is 1. The van der Waals surface area contributed by atoms with Crippen LogP contribution in [0.4, 0.5) is 0 Å². The minimum Gasteiger partial charge on any atom is -0.370 e. The average Bonchev–Trinajstić information content (AvgIpc) is 2.30. The molecule has 1 heterocycles. The Morgan fingerprint density at radius 1 is 1.38 bits per heavy atom. The van der Waals surface area contributed by atoms with E-state index in [0.29, 0.717) is 0 Å². The summed E-state index contributed by atoms with van der Waals surface area (Å²) in [6.45, 7) is 4.90. The van der Waals surface area contributed by atoms with Crippen LogP contribution in [-0.4, -0.2) is 17.6 Å². The summed E-state index contributed by atoms with van der Waals surface area (Å²) in [6, 6.07) is 5.80. The monoisotopic (exact) mass is 222 g/mol. The summed E-state index contributed by atoms with van der Waals surface area (Å²) in [5.41, 5.74) is 6.84. The van der Waals surface area contributed by atoms with E-state index in [-0.39, 0.29) is 12.1 Å². The summed E-state index contributed by atoms with van der Waals surface area (Å²) in [7, 11) is 0. The third-order valence-corrected chi connectivity index (χ3v) is 2.50. The Bertz CT molecular complexity index is 275. The molecule has 0 amide bonds. The van der Waals surface area contributed by atoms with Gasteiger partial charge in [-0.15, -0.1) is 0 Å². The average molecular weight is 222 g/mol. The molecule has 0 aliphatic heterocycles. The maximum absolute atomic E-state index is 5.92. The molecule has 0 saturated heterocycles. The van der Waals surface area contributed by atoms with Crippen molar-refractivity contribution in [2.75, 3.05) is 6.61 Å². The molecule has 90 valence electrons. The predicted molar refractivity (Wildman–Crippen MR) is 66.1 cm³/mol. The molecule has 0 aliphatic rings. The summed E-state index contributed by atoms with van der Waals surface area (Å²) < 4.78 is 5.80. The fourth-order valence-corrected chi connectivity index (χ4v) is 1.61. The van der Waals surface area contributed by atoms with E-state index >= 15 is 0 Å². The normalized spacial score (nSPS) is 14.7. The molecule has 1 aromatic rings. The van der Waals surface area contributed by atoms with E-state index in [2.05, 4.69) is 11.9 Å². The first-order valence-corrected chi connectivity index (χ1v) is 6.03. The highest BCUT2D eigenvalue weighted by Crippen LogP contribution is 2.18. The molecular formula is C13H22N2O. The second-order valence-electron chi connectivity index (χ2n) is 4.11. The van der Waals surface area contributed by atoms with Gasteiger partial charge in [0.1, 0.15) is 6.10 Å². The van der Waals surface area contributed by atoms with E-state index in [0.717, 1.165) is 18.7 Å². The second-order valence-corrected chi connectivity index (χ2v) is 4.11. The predicted octanol–water partition coefficient (Wildman–Crippen LogP) is 2.68. The van der Waals surface area contributed by atoms with E-state index in [1.807, 2.05) is 25.1 Å². The number of aromatic nitrogens is 1. The van der Waals surface area contributed by atoms with E-state index in [4.69, 9.17) is 10.5 Å². The molecule has 3 nitrogen and oxygen atoms in total. The topological polar surface area (TPSA) is 48.1 Å². The molecule has 0 saturated carbocycles. The zero-order valence-corrected chi connectivity index (χ0v) is 10.2. The summed E-state index contributed by atoms with van der Waals surface area (Å²) in [5.74, 6) is 0. The molecule has 16 heavy (non-hydrogen) atoms. The quantitative estimate of drug-likeness (QED) is 0.721. The van der Waals surface area contributed by atoms with Crippen molar-refractivity contribution in [3.05, 3.63) is 30.1 Å². The van der Waals surface area contributed by atoms with Gasteiger partial charge < -0.3 is 10.5 Å². The van der Waals surface area contributed by atoms with Gasteiger partial charge in [0, 0.05) is 18.8 Å². The fraction of sp³-hybridized carbons (Fsp3) is 0.615. The molecular weight excluding hydrogens is 200 g/mol. The first-order chi connectivity index (χ1) is 7.75. The lowest BCUT2D eigenvalue weighted by atomic mass is 10.1. The van der Waals surface area contributed by atoms with Crippen LogP contribution in [0, 0.1) is 0 Å². The van der Waals surface area contributed by atoms with Crippen molar-refractivity contribution in [2.45, 2.75) is 45.3 Å². The van der Waals surface area contributed by atoms with Crippen LogP contribution >= 0.6 is 0 Å². The Kier molecular flexibility index (Phi) is 6.04. The number of unbranched alkanes of at least 4 members (excludes halogenated alkanes) is 2. The van der Waals surface area contributed by atoms with Gasteiger partial charge in [0.25, 0.3) is 0 Å². The highest BCUT2D eigenvalue weighted by molar-refractivity contribution is 5.08. The van der Waals surface area contributed by atoms with Gasteiger partial charge in [-0.2, -0.15) is 0 Å². The zero-order valence-electron chi connectivity index (χ0n) is 10.2. The smallest absolute Gasteiger partial charge is 0.114 e. The second kappa shape index (κ2) is 7.36. The van der Waals surface area contributed by atoms with Gasteiger partial charge in [-0.1, -0.05) is 25.8 Å². The van der Waals surface area contributed by atoms with E-state index in [9.17, 15) is 0 Å². The maximum Gasteiger partial charge on any atom is 0.114 e. The lowest BCUT2D eigenvalue weighted by molar-refractivity contribution is 0.0332. The molecule has 1 aromatic heterocycles. The minimum atomic E-state index is -0.0851. The Hall–Kier alpha value is -0.930. The minimum absolute atomic E-state index is 0.0310. The highest BCUT2D eigenvalue weighted by atomic mass is 16.5. The van der Waals surface area contributed by atoms with E-state index in [1.165, 1.54) is 12.8 Å². The molecule has 2 N–H and O–H groups in total. The van der Waals surface area contributed by atoms with Crippen molar-refractivity contribution in [3.63, 3.8) is 0 Å².